The Morgan fingerprint density at radius 3 is 2.52 bits per heavy atom. The van der Waals surface area contributed by atoms with Gasteiger partial charge in [-0.15, -0.1) is 0 Å². The van der Waals surface area contributed by atoms with E-state index in [4.69, 9.17) is 4.74 Å². The Kier molecular flexibility index (Phi) is 5.20. The molecule has 1 aliphatic rings. The van der Waals surface area contributed by atoms with Crippen molar-refractivity contribution in [3.8, 4) is 16.9 Å². The molecule has 0 amide bonds. The molecule has 0 atom stereocenters. The quantitative estimate of drug-likeness (QED) is 0.570. The lowest BCUT2D eigenvalue weighted by Gasteiger charge is -2.18. The second-order valence-corrected chi connectivity index (χ2v) is 6.83. The van der Waals surface area contributed by atoms with Crippen LogP contribution < -0.4 is 10.1 Å². The fourth-order valence-electron chi connectivity index (χ4n) is 3.56. The van der Waals surface area contributed by atoms with Crippen molar-refractivity contribution in [2.75, 3.05) is 12.4 Å². The maximum Gasteiger partial charge on any atom is 0.118 e. The number of nitrogens with one attached hydrogen (secondary N) is 1. The molecule has 4 rings (SSSR count). The smallest absolute Gasteiger partial charge is 0.118 e. The molecule has 0 aliphatic heterocycles. The Bertz CT molecular complexity index is 930. The number of hydrogen-bond donors (Lipinski definition) is 1. The van der Waals surface area contributed by atoms with E-state index in [0.29, 0.717) is 0 Å². The number of allylic oxidation sites excluding steroid dienone is 2. The van der Waals surface area contributed by atoms with E-state index in [2.05, 4.69) is 46.7 Å². The van der Waals surface area contributed by atoms with E-state index in [9.17, 15) is 0 Å². The van der Waals surface area contributed by atoms with Gasteiger partial charge >= 0.3 is 0 Å². The summed E-state index contributed by atoms with van der Waals surface area (Å²) in [5.74, 6) is 0.865. The standard InChI is InChI=1S/C24H24N2O/c1-27-22-12-9-19(10-13-22)23-14-11-20(18-6-3-2-4-7-18)16-24(23)26-21-8-5-15-25-17-21/h5-6,8-17,26H,2-4,7H2,1H3. The molecule has 0 radical (unpaired) electrons. The molecule has 1 aromatic heterocycles. The van der Waals surface area contributed by atoms with Crippen LogP contribution in [0.1, 0.15) is 31.2 Å². The van der Waals surface area contributed by atoms with Crippen LogP contribution in [0.4, 0.5) is 11.4 Å². The molecule has 1 heterocycles. The molecule has 3 nitrogen and oxygen atoms in total. The van der Waals surface area contributed by atoms with Crippen LogP contribution in [0, 0.1) is 0 Å². The first-order valence-corrected chi connectivity index (χ1v) is 9.48. The van der Waals surface area contributed by atoms with Crippen molar-refractivity contribution in [1.82, 2.24) is 4.98 Å². The number of anilines is 2. The van der Waals surface area contributed by atoms with Gasteiger partial charge < -0.3 is 10.1 Å². The summed E-state index contributed by atoms with van der Waals surface area (Å²) in [7, 11) is 1.69. The highest BCUT2D eigenvalue weighted by Gasteiger charge is 2.11. The van der Waals surface area contributed by atoms with Crippen LogP contribution in [0.25, 0.3) is 16.7 Å². The summed E-state index contributed by atoms with van der Waals surface area (Å²) in [6.45, 7) is 0. The van der Waals surface area contributed by atoms with Gasteiger partial charge in [0, 0.05) is 17.4 Å². The van der Waals surface area contributed by atoms with Gasteiger partial charge in [0.25, 0.3) is 0 Å². The highest BCUT2D eigenvalue weighted by atomic mass is 16.5. The van der Waals surface area contributed by atoms with Crippen molar-refractivity contribution < 1.29 is 4.74 Å². The average Bonchev–Trinajstić information content (AvgIpc) is 2.75. The first-order valence-electron chi connectivity index (χ1n) is 9.48. The van der Waals surface area contributed by atoms with Crippen molar-refractivity contribution in [2.24, 2.45) is 0 Å². The number of pyridine rings is 1. The predicted molar refractivity (Wildman–Crippen MR) is 112 cm³/mol. The molecule has 27 heavy (non-hydrogen) atoms. The summed E-state index contributed by atoms with van der Waals surface area (Å²) in [5.41, 5.74) is 7.17. The van der Waals surface area contributed by atoms with E-state index in [1.165, 1.54) is 36.0 Å². The molecular formula is C24H24N2O. The topological polar surface area (TPSA) is 34.1 Å². The average molecular weight is 356 g/mol. The van der Waals surface area contributed by atoms with Gasteiger partial charge in [-0.3, -0.25) is 4.98 Å². The maximum absolute atomic E-state index is 5.30. The van der Waals surface area contributed by atoms with Crippen molar-refractivity contribution >= 4 is 16.9 Å². The molecule has 0 bridgehead atoms. The fraction of sp³-hybridized carbons (Fsp3) is 0.208. The zero-order valence-corrected chi connectivity index (χ0v) is 15.6. The SMILES string of the molecule is COc1ccc(-c2ccc(C3=CCCCC3)cc2Nc2cccnc2)cc1. The van der Waals surface area contributed by atoms with Crippen molar-refractivity contribution in [3.63, 3.8) is 0 Å². The number of ether oxygens (including phenoxy) is 1. The third-order valence-electron chi connectivity index (χ3n) is 5.02. The van der Waals surface area contributed by atoms with Gasteiger partial charge in [0.2, 0.25) is 0 Å². The van der Waals surface area contributed by atoms with Gasteiger partial charge in [0.05, 0.1) is 19.0 Å². The number of benzene rings is 2. The Morgan fingerprint density at radius 1 is 0.963 bits per heavy atom. The molecule has 1 N–H and O–H groups in total. The van der Waals surface area contributed by atoms with Crippen molar-refractivity contribution in [2.45, 2.75) is 25.7 Å². The Morgan fingerprint density at radius 2 is 1.81 bits per heavy atom. The van der Waals surface area contributed by atoms with Gasteiger partial charge in [-0.05, 0) is 72.7 Å². The minimum atomic E-state index is 0.865. The zero-order chi connectivity index (χ0) is 18.5. The minimum Gasteiger partial charge on any atom is -0.497 e. The number of methoxy groups -OCH3 is 1. The number of rotatable bonds is 5. The highest BCUT2D eigenvalue weighted by Crippen LogP contribution is 2.36. The molecule has 3 heteroatoms. The van der Waals surface area contributed by atoms with Crippen LogP contribution in [0.3, 0.4) is 0 Å². The predicted octanol–water partition coefficient (Wildman–Crippen LogP) is 6.46. The van der Waals surface area contributed by atoms with E-state index >= 15 is 0 Å². The molecule has 2 aromatic carbocycles. The number of hydrogen-bond acceptors (Lipinski definition) is 3. The van der Waals surface area contributed by atoms with Gasteiger partial charge in [-0.1, -0.05) is 30.3 Å². The first-order chi connectivity index (χ1) is 13.3. The molecule has 0 spiro atoms. The number of aromatic nitrogens is 1. The molecule has 0 fully saturated rings. The molecule has 0 saturated heterocycles. The summed E-state index contributed by atoms with van der Waals surface area (Å²) in [6, 6.07) is 18.9. The summed E-state index contributed by atoms with van der Waals surface area (Å²) in [5, 5.41) is 3.56. The summed E-state index contributed by atoms with van der Waals surface area (Å²) in [6.07, 6.45) is 10.9. The van der Waals surface area contributed by atoms with Crippen molar-refractivity contribution in [1.29, 1.82) is 0 Å². The first kappa shape index (κ1) is 17.3. The van der Waals surface area contributed by atoms with Gasteiger partial charge in [-0.25, -0.2) is 0 Å². The molecule has 0 unspecified atom stereocenters. The summed E-state index contributed by atoms with van der Waals surface area (Å²) >= 11 is 0. The van der Waals surface area contributed by atoms with Gasteiger partial charge in [-0.2, -0.15) is 0 Å². The molecule has 136 valence electrons. The zero-order valence-electron chi connectivity index (χ0n) is 15.6. The van der Waals surface area contributed by atoms with Crippen LogP contribution in [-0.2, 0) is 0 Å². The van der Waals surface area contributed by atoms with Crippen LogP contribution in [0.2, 0.25) is 0 Å². The van der Waals surface area contributed by atoms with E-state index in [1.54, 1.807) is 13.3 Å². The van der Waals surface area contributed by atoms with Crippen LogP contribution in [-0.4, -0.2) is 12.1 Å². The van der Waals surface area contributed by atoms with E-state index in [1.807, 2.05) is 30.5 Å². The summed E-state index contributed by atoms with van der Waals surface area (Å²) in [4.78, 5) is 4.23. The second kappa shape index (κ2) is 8.09. The van der Waals surface area contributed by atoms with Crippen LogP contribution >= 0.6 is 0 Å². The van der Waals surface area contributed by atoms with Gasteiger partial charge in [0.1, 0.15) is 5.75 Å². The monoisotopic (exact) mass is 356 g/mol. The van der Waals surface area contributed by atoms with Crippen LogP contribution in [0.5, 0.6) is 5.75 Å². The van der Waals surface area contributed by atoms with E-state index < -0.39 is 0 Å². The third kappa shape index (κ3) is 4.03. The highest BCUT2D eigenvalue weighted by molar-refractivity contribution is 5.84. The lowest BCUT2D eigenvalue weighted by atomic mass is 9.91. The van der Waals surface area contributed by atoms with Gasteiger partial charge in [0.15, 0.2) is 0 Å². The molecule has 0 saturated carbocycles. The largest absolute Gasteiger partial charge is 0.497 e. The lowest BCUT2D eigenvalue weighted by Crippen LogP contribution is -1.97. The molecular weight excluding hydrogens is 332 g/mol. The summed E-state index contributed by atoms with van der Waals surface area (Å²) < 4.78 is 5.30. The molecule has 3 aromatic rings. The normalized spacial score (nSPS) is 13.7. The van der Waals surface area contributed by atoms with E-state index in [-0.39, 0.29) is 0 Å². The minimum absolute atomic E-state index is 0.865. The van der Waals surface area contributed by atoms with Crippen LogP contribution in [0.15, 0.2) is 73.1 Å². The second-order valence-electron chi connectivity index (χ2n) is 6.83. The van der Waals surface area contributed by atoms with E-state index in [0.717, 1.165) is 29.1 Å². The number of nitrogens with zero attached hydrogens (tertiary/aromatic N) is 1. The Hall–Kier alpha value is -3.07. The Balaban J connectivity index is 1.75. The Labute approximate surface area is 160 Å². The third-order valence-corrected chi connectivity index (χ3v) is 5.02. The fourth-order valence-corrected chi connectivity index (χ4v) is 3.56. The maximum atomic E-state index is 5.30. The molecule has 1 aliphatic carbocycles. The lowest BCUT2D eigenvalue weighted by molar-refractivity contribution is 0.415. The van der Waals surface area contributed by atoms with Crippen molar-refractivity contribution in [3.05, 3.63) is 78.6 Å².